The second kappa shape index (κ2) is 4.84. The molecule has 1 atom stereocenters. The Labute approximate surface area is 106 Å². The lowest BCUT2D eigenvalue weighted by Gasteiger charge is -2.28. The second-order valence-corrected chi connectivity index (χ2v) is 4.79. The molecule has 0 radical (unpaired) electrons. The quantitative estimate of drug-likeness (QED) is 0.810. The molecular weight excluding hydrogens is 233 g/mol. The summed E-state index contributed by atoms with van der Waals surface area (Å²) in [6, 6.07) is 4.34. The van der Waals surface area contributed by atoms with Crippen LogP contribution < -0.4 is 10.6 Å². The van der Waals surface area contributed by atoms with Crippen molar-refractivity contribution in [1.82, 2.24) is 4.90 Å². The van der Waals surface area contributed by atoms with Crippen LogP contribution >= 0.6 is 0 Å². The number of hydrogen-bond donors (Lipinski definition) is 1. The Morgan fingerprint density at radius 1 is 1.50 bits per heavy atom. The van der Waals surface area contributed by atoms with Crippen LogP contribution in [0.25, 0.3) is 0 Å². The van der Waals surface area contributed by atoms with Crippen LogP contribution in [0.1, 0.15) is 12.8 Å². The van der Waals surface area contributed by atoms with Crippen molar-refractivity contribution in [2.45, 2.75) is 18.9 Å². The Morgan fingerprint density at radius 2 is 2.22 bits per heavy atom. The van der Waals surface area contributed by atoms with Crippen molar-refractivity contribution in [3.63, 3.8) is 0 Å². The summed E-state index contributed by atoms with van der Waals surface area (Å²) >= 11 is 0. The molecule has 5 heteroatoms. The summed E-state index contributed by atoms with van der Waals surface area (Å²) in [6.07, 6.45) is 1.66. The van der Waals surface area contributed by atoms with Gasteiger partial charge in [0.15, 0.2) is 0 Å². The first kappa shape index (κ1) is 12.7. The van der Waals surface area contributed by atoms with Crippen LogP contribution in [0, 0.1) is 5.82 Å². The van der Waals surface area contributed by atoms with E-state index < -0.39 is 0 Å². The number of amides is 1. The number of rotatable bonds is 2. The van der Waals surface area contributed by atoms with Crippen LogP contribution in [-0.2, 0) is 4.79 Å². The number of carbonyl (C=O) groups excluding carboxylic acids is 1. The fourth-order valence-electron chi connectivity index (χ4n) is 2.37. The van der Waals surface area contributed by atoms with Crippen molar-refractivity contribution in [3.8, 4) is 0 Å². The van der Waals surface area contributed by atoms with Gasteiger partial charge < -0.3 is 15.5 Å². The molecule has 1 aromatic rings. The molecule has 1 amide bonds. The van der Waals surface area contributed by atoms with Gasteiger partial charge in [-0.3, -0.25) is 4.79 Å². The fraction of sp³-hybridized carbons (Fsp3) is 0.462. The van der Waals surface area contributed by atoms with Gasteiger partial charge in [0.25, 0.3) is 0 Å². The van der Waals surface area contributed by atoms with Gasteiger partial charge in [0.05, 0.1) is 5.69 Å². The molecule has 1 unspecified atom stereocenters. The minimum absolute atomic E-state index is 0.0173. The maximum atomic E-state index is 13.9. The van der Waals surface area contributed by atoms with Gasteiger partial charge in [0.1, 0.15) is 11.9 Å². The smallest absolute Gasteiger partial charge is 0.244 e. The number of hydrogen-bond acceptors (Lipinski definition) is 3. The summed E-state index contributed by atoms with van der Waals surface area (Å²) in [5.74, 6) is -0.350. The van der Waals surface area contributed by atoms with Crippen molar-refractivity contribution in [3.05, 3.63) is 24.0 Å². The molecule has 1 aliphatic heterocycles. The number of benzene rings is 1. The molecule has 0 saturated carbocycles. The van der Waals surface area contributed by atoms with Gasteiger partial charge in [-0.1, -0.05) is 0 Å². The summed E-state index contributed by atoms with van der Waals surface area (Å²) < 4.78 is 13.9. The van der Waals surface area contributed by atoms with E-state index in [0.29, 0.717) is 17.9 Å². The minimum atomic E-state index is -0.367. The molecule has 0 bridgehead atoms. The SMILES string of the molecule is CN(C)C(=O)C1CCCN1c1ccc(N)cc1F. The number of nitrogens with two attached hydrogens (primary N) is 1. The van der Waals surface area contributed by atoms with Crippen LogP contribution in [0.15, 0.2) is 18.2 Å². The maximum Gasteiger partial charge on any atom is 0.244 e. The van der Waals surface area contributed by atoms with Gasteiger partial charge in [-0.05, 0) is 31.0 Å². The van der Waals surface area contributed by atoms with Crippen molar-refractivity contribution in [2.75, 3.05) is 31.3 Å². The fourth-order valence-corrected chi connectivity index (χ4v) is 2.37. The predicted molar refractivity (Wildman–Crippen MR) is 69.9 cm³/mol. The molecule has 2 rings (SSSR count). The molecule has 0 aliphatic carbocycles. The van der Waals surface area contributed by atoms with Crippen LogP contribution in [0.5, 0.6) is 0 Å². The standard InChI is InChI=1S/C13H18FN3O/c1-16(2)13(18)12-4-3-7-17(12)11-6-5-9(15)8-10(11)14/h5-6,8,12H,3-4,7,15H2,1-2H3. The molecular formula is C13H18FN3O. The Hall–Kier alpha value is -1.78. The van der Waals surface area contributed by atoms with Crippen molar-refractivity contribution < 1.29 is 9.18 Å². The predicted octanol–water partition coefficient (Wildman–Crippen LogP) is 1.46. The molecule has 4 nitrogen and oxygen atoms in total. The van der Waals surface area contributed by atoms with Crippen molar-refractivity contribution >= 4 is 17.3 Å². The summed E-state index contributed by atoms with van der Waals surface area (Å²) in [5.41, 5.74) is 6.39. The number of anilines is 2. The lowest BCUT2D eigenvalue weighted by atomic mass is 10.1. The zero-order chi connectivity index (χ0) is 13.3. The molecule has 0 aromatic heterocycles. The van der Waals surface area contributed by atoms with E-state index in [2.05, 4.69) is 0 Å². The van der Waals surface area contributed by atoms with Crippen LogP contribution in [-0.4, -0.2) is 37.5 Å². The number of nitrogen functional groups attached to an aromatic ring is 1. The van der Waals surface area contributed by atoms with E-state index in [1.54, 1.807) is 31.1 Å². The van der Waals surface area contributed by atoms with Gasteiger partial charge in [-0.25, -0.2) is 4.39 Å². The van der Waals surface area contributed by atoms with Gasteiger partial charge >= 0.3 is 0 Å². The number of likely N-dealkylation sites (N-methyl/N-ethyl adjacent to an activating group) is 1. The molecule has 1 aromatic carbocycles. The van der Waals surface area contributed by atoms with E-state index in [0.717, 1.165) is 12.8 Å². The molecule has 0 spiro atoms. The van der Waals surface area contributed by atoms with Crippen LogP contribution in [0.2, 0.25) is 0 Å². The Balaban J connectivity index is 2.29. The maximum absolute atomic E-state index is 13.9. The summed E-state index contributed by atoms with van der Waals surface area (Å²) in [7, 11) is 3.44. The highest BCUT2D eigenvalue weighted by Crippen LogP contribution is 2.29. The summed E-state index contributed by atoms with van der Waals surface area (Å²) in [4.78, 5) is 15.4. The highest BCUT2D eigenvalue weighted by Gasteiger charge is 2.33. The Kier molecular flexibility index (Phi) is 3.41. The van der Waals surface area contributed by atoms with E-state index >= 15 is 0 Å². The first-order valence-electron chi connectivity index (χ1n) is 6.03. The zero-order valence-corrected chi connectivity index (χ0v) is 10.7. The monoisotopic (exact) mass is 251 g/mol. The average Bonchev–Trinajstić information content (AvgIpc) is 2.76. The van der Waals surface area contributed by atoms with Gasteiger partial charge in [0, 0.05) is 26.3 Å². The highest BCUT2D eigenvalue weighted by molar-refractivity contribution is 5.85. The molecule has 18 heavy (non-hydrogen) atoms. The lowest BCUT2D eigenvalue weighted by Crippen LogP contribution is -2.43. The molecule has 1 saturated heterocycles. The van der Waals surface area contributed by atoms with E-state index in [-0.39, 0.29) is 17.8 Å². The first-order chi connectivity index (χ1) is 8.50. The normalized spacial score (nSPS) is 19.1. The van der Waals surface area contributed by atoms with Crippen LogP contribution in [0.4, 0.5) is 15.8 Å². The zero-order valence-electron chi connectivity index (χ0n) is 10.7. The van der Waals surface area contributed by atoms with Crippen molar-refractivity contribution in [2.24, 2.45) is 0 Å². The second-order valence-electron chi connectivity index (χ2n) is 4.79. The number of carbonyl (C=O) groups is 1. The summed E-state index contributed by atoms with van der Waals surface area (Å²) in [6.45, 7) is 0.699. The third kappa shape index (κ3) is 2.25. The highest BCUT2D eigenvalue weighted by atomic mass is 19.1. The average molecular weight is 251 g/mol. The van der Waals surface area contributed by atoms with Crippen molar-refractivity contribution in [1.29, 1.82) is 0 Å². The Morgan fingerprint density at radius 3 is 2.83 bits per heavy atom. The van der Waals surface area contributed by atoms with Gasteiger partial charge in [0.2, 0.25) is 5.91 Å². The summed E-state index contributed by atoms with van der Waals surface area (Å²) in [5, 5.41) is 0. The van der Waals surface area contributed by atoms with E-state index in [4.69, 9.17) is 5.73 Å². The first-order valence-corrected chi connectivity index (χ1v) is 6.03. The molecule has 98 valence electrons. The van der Waals surface area contributed by atoms with E-state index in [9.17, 15) is 9.18 Å². The Bertz CT molecular complexity index is 462. The minimum Gasteiger partial charge on any atom is -0.399 e. The molecule has 1 heterocycles. The molecule has 2 N–H and O–H groups in total. The number of nitrogens with zero attached hydrogens (tertiary/aromatic N) is 2. The third-order valence-corrected chi connectivity index (χ3v) is 3.26. The largest absolute Gasteiger partial charge is 0.399 e. The topological polar surface area (TPSA) is 49.6 Å². The van der Waals surface area contributed by atoms with Gasteiger partial charge in [-0.15, -0.1) is 0 Å². The van der Waals surface area contributed by atoms with E-state index in [1.807, 2.05) is 4.90 Å². The lowest BCUT2D eigenvalue weighted by molar-refractivity contribution is -0.129. The third-order valence-electron chi connectivity index (χ3n) is 3.26. The van der Waals surface area contributed by atoms with E-state index in [1.165, 1.54) is 6.07 Å². The van der Waals surface area contributed by atoms with Crippen LogP contribution in [0.3, 0.4) is 0 Å². The molecule has 1 fully saturated rings. The number of halogens is 1. The van der Waals surface area contributed by atoms with Gasteiger partial charge in [-0.2, -0.15) is 0 Å². The molecule has 1 aliphatic rings.